The smallest absolute Gasteiger partial charge is 0.272 e. The largest absolute Gasteiger partial charge is 0.350 e. The highest BCUT2D eigenvalue weighted by molar-refractivity contribution is 6.06. The Kier molecular flexibility index (Phi) is 3.78. The molecule has 0 bridgehead atoms. The number of aromatic amines is 1. The number of anilines is 1. The lowest BCUT2D eigenvalue weighted by atomic mass is 10.2. The molecule has 0 aliphatic carbocycles. The van der Waals surface area contributed by atoms with Crippen LogP contribution in [0.3, 0.4) is 0 Å². The lowest BCUT2D eigenvalue weighted by Gasteiger charge is -2.07. The molecular formula is C19H15FN4O. The van der Waals surface area contributed by atoms with Crippen molar-refractivity contribution in [2.75, 3.05) is 5.32 Å². The Labute approximate surface area is 143 Å². The predicted molar refractivity (Wildman–Crippen MR) is 94.0 cm³/mol. The van der Waals surface area contributed by atoms with Gasteiger partial charge in [-0.15, -0.1) is 0 Å². The molecule has 6 heteroatoms. The summed E-state index contributed by atoms with van der Waals surface area (Å²) < 4.78 is 15.7. The number of fused-ring (bicyclic) bond motifs is 1. The number of aromatic nitrogens is 3. The normalized spacial score (nSPS) is 10.9. The number of nitrogens with zero attached hydrogens (tertiary/aromatic N) is 2. The molecule has 2 aromatic carbocycles. The Morgan fingerprint density at radius 2 is 2.08 bits per heavy atom. The Hall–Kier alpha value is -3.41. The number of nitrogens with one attached hydrogen (secondary N) is 2. The molecule has 0 radical (unpaired) electrons. The zero-order valence-corrected chi connectivity index (χ0v) is 13.2. The minimum Gasteiger partial charge on any atom is -0.350 e. The van der Waals surface area contributed by atoms with E-state index in [1.165, 1.54) is 12.1 Å². The van der Waals surface area contributed by atoms with Crippen molar-refractivity contribution in [1.29, 1.82) is 0 Å². The molecule has 2 aromatic heterocycles. The van der Waals surface area contributed by atoms with E-state index in [-0.39, 0.29) is 11.7 Å². The van der Waals surface area contributed by atoms with Crippen molar-refractivity contribution < 1.29 is 9.18 Å². The van der Waals surface area contributed by atoms with E-state index < -0.39 is 0 Å². The van der Waals surface area contributed by atoms with Gasteiger partial charge in [0.15, 0.2) is 0 Å². The number of hydrogen-bond donors (Lipinski definition) is 2. The van der Waals surface area contributed by atoms with Crippen molar-refractivity contribution in [3.8, 4) is 0 Å². The molecule has 25 heavy (non-hydrogen) atoms. The van der Waals surface area contributed by atoms with Crippen LogP contribution in [0.4, 0.5) is 10.1 Å². The van der Waals surface area contributed by atoms with E-state index in [4.69, 9.17) is 0 Å². The van der Waals surface area contributed by atoms with Gasteiger partial charge in [0.25, 0.3) is 5.91 Å². The lowest BCUT2D eigenvalue weighted by molar-refractivity contribution is 0.102. The van der Waals surface area contributed by atoms with Gasteiger partial charge in [0, 0.05) is 35.5 Å². The van der Waals surface area contributed by atoms with Gasteiger partial charge in [-0.25, -0.2) is 9.37 Å². The molecule has 0 atom stereocenters. The Morgan fingerprint density at radius 3 is 2.88 bits per heavy atom. The standard InChI is InChI=1S/C19H15FN4O/c20-16-5-2-6-17-15(16)10-18(23-17)19(25)22-14-4-1-3-13(9-14)11-24-8-7-21-12-24/h1-10,12,23H,11H2,(H,22,25). The molecule has 2 heterocycles. The minimum absolute atomic E-state index is 0.310. The summed E-state index contributed by atoms with van der Waals surface area (Å²) in [4.78, 5) is 19.4. The quantitative estimate of drug-likeness (QED) is 0.596. The first-order valence-electron chi connectivity index (χ1n) is 7.82. The average molecular weight is 334 g/mol. The summed E-state index contributed by atoms with van der Waals surface area (Å²) in [6.45, 7) is 0.668. The highest BCUT2D eigenvalue weighted by Crippen LogP contribution is 2.20. The molecule has 1 amide bonds. The SMILES string of the molecule is O=C(Nc1cccc(Cn2ccnc2)c1)c1cc2c(F)cccc2[nH]1. The zero-order valence-electron chi connectivity index (χ0n) is 13.2. The molecule has 0 aliphatic rings. The van der Waals surface area contributed by atoms with Crippen LogP contribution in [0.1, 0.15) is 16.1 Å². The van der Waals surface area contributed by atoms with Crippen molar-refractivity contribution in [2.45, 2.75) is 6.54 Å². The Bertz CT molecular complexity index is 1040. The number of amides is 1. The summed E-state index contributed by atoms with van der Waals surface area (Å²) in [5, 5.41) is 3.25. The van der Waals surface area contributed by atoms with Gasteiger partial charge < -0.3 is 14.9 Å². The number of H-pyrrole nitrogens is 1. The van der Waals surface area contributed by atoms with Crippen molar-refractivity contribution in [1.82, 2.24) is 14.5 Å². The number of benzene rings is 2. The van der Waals surface area contributed by atoms with Gasteiger partial charge in [0.1, 0.15) is 11.5 Å². The van der Waals surface area contributed by atoms with Crippen LogP contribution in [0.2, 0.25) is 0 Å². The maximum absolute atomic E-state index is 13.8. The Balaban J connectivity index is 1.54. The molecule has 4 rings (SSSR count). The second-order valence-electron chi connectivity index (χ2n) is 5.77. The topological polar surface area (TPSA) is 62.7 Å². The molecule has 5 nitrogen and oxygen atoms in total. The fourth-order valence-electron chi connectivity index (χ4n) is 2.78. The number of hydrogen-bond acceptors (Lipinski definition) is 2. The first-order chi connectivity index (χ1) is 12.2. The summed E-state index contributed by atoms with van der Waals surface area (Å²) in [6, 6.07) is 13.8. The second kappa shape index (κ2) is 6.24. The molecule has 0 spiro atoms. The van der Waals surface area contributed by atoms with E-state index in [1.54, 1.807) is 24.7 Å². The summed E-state index contributed by atoms with van der Waals surface area (Å²) >= 11 is 0. The van der Waals surface area contributed by atoms with Crippen LogP contribution < -0.4 is 5.32 Å². The van der Waals surface area contributed by atoms with Gasteiger partial charge in [0.2, 0.25) is 0 Å². The summed E-state index contributed by atoms with van der Waals surface area (Å²) in [5.74, 6) is -0.662. The van der Waals surface area contributed by atoms with Crippen molar-refractivity contribution in [3.05, 3.63) is 84.3 Å². The highest BCUT2D eigenvalue weighted by atomic mass is 19.1. The van der Waals surface area contributed by atoms with E-state index in [0.29, 0.717) is 28.8 Å². The lowest BCUT2D eigenvalue weighted by Crippen LogP contribution is -2.12. The fourth-order valence-corrected chi connectivity index (χ4v) is 2.78. The highest BCUT2D eigenvalue weighted by Gasteiger charge is 2.12. The van der Waals surface area contributed by atoms with Gasteiger partial charge in [-0.3, -0.25) is 4.79 Å². The second-order valence-corrected chi connectivity index (χ2v) is 5.77. The van der Waals surface area contributed by atoms with E-state index in [2.05, 4.69) is 15.3 Å². The van der Waals surface area contributed by atoms with Gasteiger partial charge >= 0.3 is 0 Å². The molecule has 124 valence electrons. The molecule has 2 N–H and O–H groups in total. The number of imidazole rings is 1. The van der Waals surface area contributed by atoms with E-state index in [0.717, 1.165) is 5.56 Å². The van der Waals surface area contributed by atoms with Gasteiger partial charge in [-0.2, -0.15) is 0 Å². The number of halogens is 1. The van der Waals surface area contributed by atoms with Crippen LogP contribution in [0.25, 0.3) is 10.9 Å². The zero-order chi connectivity index (χ0) is 17.2. The fraction of sp³-hybridized carbons (Fsp3) is 0.0526. The van der Waals surface area contributed by atoms with E-state index >= 15 is 0 Å². The third kappa shape index (κ3) is 3.14. The van der Waals surface area contributed by atoms with Crippen LogP contribution in [0, 0.1) is 5.82 Å². The van der Waals surface area contributed by atoms with Crippen molar-refractivity contribution >= 4 is 22.5 Å². The molecule has 0 fully saturated rings. The summed E-state index contributed by atoms with van der Waals surface area (Å²) in [7, 11) is 0. The average Bonchev–Trinajstić information content (AvgIpc) is 3.25. The Morgan fingerprint density at radius 1 is 1.20 bits per heavy atom. The van der Waals surface area contributed by atoms with Gasteiger partial charge in [-0.05, 0) is 35.9 Å². The third-order valence-electron chi connectivity index (χ3n) is 3.96. The van der Waals surface area contributed by atoms with Gasteiger partial charge in [0.05, 0.1) is 6.33 Å². The summed E-state index contributed by atoms with van der Waals surface area (Å²) in [5.41, 5.74) is 2.64. The number of rotatable bonds is 4. The molecular weight excluding hydrogens is 319 g/mol. The first-order valence-corrected chi connectivity index (χ1v) is 7.82. The first kappa shape index (κ1) is 15.1. The molecule has 0 saturated carbocycles. The van der Waals surface area contributed by atoms with E-state index in [9.17, 15) is 9.18 Å². The van der Waals surface area contributed by atoms with Crippen LogP contribution in [0.5, 0.6) is 0 Å². The van der Waals surface area contributed by atoms with Crippen molar-refractivity contribution in [2.24, 2.45) is 0 Å². The monoisotopic (exact) mass is 334 g/mol. The van der Waals surface area contributed by atoms with Crippen LogP contribution in [-0.2, 0) is 6.54 Å². The van der Waals surface area contributed by atoms with Crippen LogP contribution in [-0.4, -0.2) is 20.4 Å². The van der Waals surface area contributed by atoms with E-state index in [1.807, 2.05) is 35.0 Å². The number of carbonyl (C=O) groups is 1. The molecule has 0 unspecified atom stereocenters. The van der Waals surface area contributed by atoms with Gasteiger partial charge in [-0.1, -0.05) is 18.2 Å². The predicted octanol–water partition coefficient (Wildman–Crippen LogP) is 3.80. The third-order valence-corrected chi connectivity index (χ3v) is 3.96. The molecule has 0 saturated heterocycles. The molecule has 4 aromatic rings. The van der Waals surface area contributed by atoms with Crippen LogP contribution >= 0.6 is 0 Å². The number of carbonyl (C=O) groups excluding carboxylic acids is 1. The maximum Gasteiger partial charge on any atom is 0.272 e. The van der Waals surface area contributed by atoms with Crippen molar-refractivity contribution in [3.63, 3.8) is 0 Å². The molecule has 0 aliphatic heterocycles. The van der Waals surface area contributed by atoms with Crippen LogP contribution in [0.15, 0.2) is 67.3 Å². The summed E-state index contributed by atoms with van der Waals surface area (Å²) in [6.07, 6.45) is 5.34. The maximum atomic E-state index is 13.8. The minimum atomic E-state index is -0.352.